The van der Waals surface area contributed by atoms with Crippen LogP contribution in [0.15, 0.2) is 33.4 Å². The van der Waals surface area contributed by atoms with Gasteiger partial charge in [-0.05, 0) is 38.5 Å². The van der Waals surface area contributed by atoms with Crippen molar-refractivity contribution in [3.63, 3.8) is 0 Å². The van der Waals surface area contributed by atoms with Crippen molar-refractivity contribution >= 4 is 55.5 Å². The predicted molar refractivity (Wildman–Crippen MR) is 120 cm³/mol. The van der Waals surface area contributed by atoms with Crippen LogP contribution < -0.4 is 15.6 Å². The molecule has 29 heavy (non-hydrogen) atoms. The monoisotopic (exact) mass is 445 g/mol. The van der Waals surface area contributed by atoms with Crippen LogP contribution in [0, 0.1) is 13.8 Å². The van der Waals surface area contributed by atoms with E-state index in [2.05, 4.69) is 25.5 Å². The number of anilines is 2. The molecule has 0 aliphatic carbocycles. The van der Waals surface area contributed by atoms with E-state index in [0.29, 0.717) is 16.3 Å². The number of ether oxygens (including phenoxy) is 1. The molecule has 0 radical (unpaired) electrons. The SMILES string of the molecule is COc1cccc(Nc2nnc(SC(C)c3nc4sc(C)c(C)c4c(=O)[nH]3)s2)c1. The molecular formula is C19H19N5O2S3. The van der Waals surface area contributed by atoms with Gasteiger partial charge in [-0.15, -0.1) is 21.5 Å². The first-order valence-corrected chi connectivity index (χ1v) is 11.4. The lowest BCUT2D eigenvalue weighted by atomic mass is 10.2. The topological polar surface area (TPSA) is 92.8 Å². The minimum Gasteiger partial charge on any atom is -0.497 e. The smallest absolute Gasteiger partial charge is 0.259 e. The van der Waals surface area contributed by atoms with Crippen molar-refractivity contribution in [2.45, 2.75) is 30.4 Å². The number of H-pyrrole nitrogens is 1. The van der Waals surface area contributed by atoms with Gasteiger partial charge >= 0.3 is 0 Å². The molecular weight excluding hydrogens is 426 g/mol. The Bertz CT molecular complexity index is 1230. The van der Waals surface area contributed by atoms with Crippen molar-refractivity contribution in [2.24, 2.45) is 0 Å². The maximum absolute atomic E-state index is 12.5. The molecule has 1 atom stereocenters. The van der Waals surface area contributed by atoms with Gasteiger partial charge in [-0.25, -0.2) is 4.98 Å². The van der Waals surface area contributed by atoms with Crippen LogP contribution in [0.3, 0.4) is 0 Å². The number of nitrogens with zero attached hydrogens (tertiary/aromatic N) is 3. The highest BCUT2D eigenvalue weighted by atomic mass is 32.2. The second kappa shape index (κ2) is 8.13. The maximum atomic E-state index is 12.5. The lowest BCUT2D eigenvalue weighted by Gasteiger charge is -2.08. The number of aromatic nitrogens is 4. The first-order valence-electron chi connectivity index (χ1n) is 8.85. The molecule has 4 rings (SSSR count). The van der Waals surface area contributed by atoms with Gasteiger partial charge in [0.15, 0.2) is 4.34 Å². The van der Waals surface area contributed by atoms with Crippen molar-refractivity contribution in [3.8, 4) is 5.75 Å². The van der Waals surface area contributed by atoms with Crippen molar-refractivity contribution in [2.75, 3.05) is 12.4 Å². The van der Waals surface area contributed by atoms with Crippen molar-refractivity contribution < 1.29 is 4.74 Å². The molecule has 4 aromatic rings. The summed E-state index contributed by atoms with van der Waals surface area (Å²) in [7, 11) is 1.63. The molecule has 0 amide bonds. The van der Waals surface area contributed by atoms with Gasteiger partial charge in [0.25, 0.3) is 5.56 Å². The summed E-state index contributed by atoms with van der Waals surface area (Å²) >= 11 is 4.52. The Morgan fingerprint density at radius 1 is 1.24 bits per heavy atom. The van der Waals surface area contributed by atoms with Gasteiger partial charge in [0.2, 0.25) is 5.13 Å². The molecule has 0 saturated heterocycles. The lowest BCUT2D eigenvalue weighted by molar-refractivity contribution is 0.415. The molecule has 0 saturated carbocycles. The molecule has 0 bridgehead atoms. The number of rotatable bonds is 6. The number of methoxy groups -OCH3 is 1. The Kier molecular flexibility index (Phi) is 5.57. The van der Waals surface area contributed by atoms with Crippen LogP contribution in [0.1, 0.15) is 28.4 Å². The van der Waals surface area contributed by atoms with Crippen molar-refractivity contribution in [1.29, 1.82) is 0 Å². The predicted octanol–water partition coefficient (Wildman–Crippen LogP) is 5.06. The van der Waals surface area contributed by atoms with Crippen LogP contribution >= 0.6 is 34.4 Å². The van der Waals surface area contributed by atoms with E-state index < -0.39 is 0 Å². The fourth-order valence-electron chi connectivity index (χ4n) is 2.80. The first kappa shape index (κ1) is 19.9. The zero-order valence-corrected chi connectivity index (χ0v) is 18.7. The standard InChI is InChI=1S/C19H19N5O2S3/c1-9-10(2)27-17-14(9)16(25)21-15(22-17)11(3)28-19-24-23-18(29-19)20-12-6-5-7-13(8-12)26-4/h5-8,11H,1-4H3,(H,20,23)(H,21,22,25). The lowest BCUT2D eigenvalue weighted by Crippen LogP contribution is -2.12. The van der Waals surface area contributed by atoms with Crippen LogP contribution in [0.2, 0.25) is 0 Å². The van der Waals surface area contributed by atoms with E-state index in [1.165, 1.54) is 23.1 Å². The number of aromatic amines is 1. The number of hydrogen-bond donors (Lipinski definition) is 2. The number of aryl methyl sites for hydroxylation is 2. The van der Waals surface area contributed by atoms with E-state index in [1.54, 1.807) is 18.4 Å². The Hall–Kier alpha value is -2.43. The molecule has 0 aliphatic rings. The zero-order valence-electron chi connectivity index (χ0n) is 16.3. The van der Waals surface area contributed by atoms with Gasteiger partial charge in [0, 0.05) is 16.6 Å². The van der Waals surface area contributed by atoms with E-state index in [1.807, 2.05) is 45.0 Å². The number of hydrogen-bond acceptors (Lipinski definition) is 9. The van der Waals surface area contributed by atoms with Crippen molar-refractivity contribution in [1.82, 2.24) is 20.2 Å². The summed E-state index contributed by atoms with van der Waals surface area (Å²) < 4.78 is 6.03. The average Bonchev–Trinajstić information content (AvgIpc) is 3.25. The summed E-state index contributed by atoms with van der Waals surface area (Å²) in [6.45, 7) is 5.97. The largest absolute Gasteiger partial charge is 0.497 e. The number of nitrogens with one attached hydrogen (secondary N) is 2. The highest BCUT2D eigenvalue weighted by Crippen LogP contribution is 2.37. The average molecular weight is 446 g/mol. The molecule has 2 N–H and O–H groups in total. The molecule has 10 heteroatoms. The van der Waals surface area contributed by atoms with Crippen LogP contribution in [0.4, 0.5) is 10.8 Å². The van der Waals surface area contributed by atoms with Gasteiger partial charge in [0.1, 0.15) is 16.4 Å². The number of thioether (sulfide) groups is 1. The zero-order chi connectivity index (χ0) is 20.5. The third-order valence-corrected chi connectivity index (χ3v) is 7.58. The molecule has 0 fully saturated rings. The number of benzene rings is 1. The number of thiophene rings is 1. The second-order valence-electron chi connectivity index (χ2n) is 6.40. The summed E-state index contributed by atoms with van der Waals surface area (Å²) in [5, 5.41) is 13.0. The molecule has 1 aromatic carbocycles. The third kappa shape index (κ3) is 4.14. The molecule has 3 aromatic heterocycles. The van der Waals surface area contributed by atoms with Crippen LogP contribution in [0.5, 0.6) is 5.75 Å². The molecule has 0 aliphatic heterocycles. The van der Waals surface area contributed by atoms with Gasteiger partial charge in [-0.2, -0.15) is 0 Å². The molecule has 150 valence electrons. The van der Waals surface area contributed by atoms with Crippen LogP contribution in [-0.2, 0) is 0 Å². The van der Waals surface area contributed by atoms with Gasteiger partial charge in [-0.3, -0.25) is 4.79 Å². The quantitative estimate of drug-likeness (QED) is 0.401. The maximum Gasteiger partial charge on any atom is 0.259 e. The third-order valence-electron chi connectivity index (χ3n) is 4.45. The minimum atomic E-state index is -0.0862. The van der Waals surface area contributed by atoms with E-state index in [4.69, 9.17) is 4.74 Å². The summed E-state index contributed by atoms with van der Waals surface area (Å²) in [4.78, 5) is 22.0. The second-order valence-corrected chi connectivity index (χ2v) is 10.2. The summed E-state index contributed by atoms with van der Waals surface area (Å²) in [6.07, 6.45) is 0. The highest BCUT2D eigenvalue weighted by Gasteiger charge is 2.18. The Morgan fingerprint density at radius 2 is 2.07 bits per heavy atom. The summed E-state index contributed by atoms with van der Waals surface area (Å²) in [5.74, 6) is 1.42. The van der Waals surface area contributed by atoms with Crippen molar-refractivity contribution in [3.05, 3.63) is 50.9 Å². The minimum absolute atomic E-state index is 0.0626. The van der Waals surface area contributed by atoms with E-state index >= 15 is 0 Å². The highest BCUT2D eigenvalue weighted by molar-refractivity contribution is 8.01. The fraction of sp³-hybridized carbons (Fsp3) is 0.263. The van der Waals surface area contributed by atoms with Gasteiger partial charge in [-0.1, -0.05) is 29.2 Å². The molecule has 7 nitrogen and oxygen atoms in total. The van der Waals surface area contributed by atoms with Gasteiger partial charge < -0.3 is 15.0 Å². The number of fused-ring (bicyclic) bond motifs is 1. The van der Waals surface area contributed by atoms with Crippen LogP contribution in [0.25, 0.3) is 10.2 Å². The van der Waals surface area contributed by atoms with E-state index in [9.17, 15) is 4.79 Å². The first-order chi connectivity index (χ1) is 13.9. The summed E-state index contributed by atoms with van der Waals surface area (Å²) in [6, 6.07) is 7.63. The van der Waals surface area contributed by atoms with Crippen LogP contribution in [-0.4, -0.2) is 27.3 Å². The normalized spacial score (nSPS) is 12.3. The Labute approximate surface area is 179 Å². The Balaban J connectivity index is 1.51. The molecule has 0 spiro atoms. The van der Waals surface area contributed by atoms with E-state index in [0.717, 1.165) is 31.0 Å². The molecule has 1 unspecified atom stereocenters. The van der Waals surface area contributed by atoms with Gasteiger partial charge in [0.05, 0.1) is 17.7 Å². The fourth-order valence-corrected chi connectivity index (χ4v) is 5.81. The van der Waals surface area contributed by atoms with E-state index in [-0.39, 0.29) is 10.8 Å². The summed E-state index contributed by atoms with van der Waals surface area (Å²) in [5.41, 5.74) is 1.80. The Morgan fingerprint density at radius 3 is 2.86 bits per heavy atom. The molecule has 3 heterocycles.